The van der Waals surface area contributed by atoms with Crippen LogP contribution in [0.5, 0.6) is 0 Å². The number of halogens is 1. The minimum Gasteiger partial charge on any atom is -0.378 e. The van der Waals surface area contributed by atoms with Crippen molar-refractivity contribution in [1.82, 2.24) is 24.6 Å². The molecule has 206 valence electrons. The first-order valence-corrected chi connectivity index (χ1v) is 13.1. The number of nitrogens with one attached hydrogen (secondary N) is 1. The molecule has 4 amide bonds. The van der Waals surface area contributed by atoms with Gasteiger partial charge in [0.1, 0.15) is 0 Å². The lowest BCUT2D eigenvalue weighted by Crippen LogP contribution is -2.45. The number of aromatic nitrogens is 3. The Labute approximate surface area is 231 Å². The van der Waals surface area contributed by atoms with Crippen LogP contribution in [0.1, 0.15) is 16.1 Å². The highest BCUT2D eigenvalue weighted by Gasteiger charge is 2.27. The van der Waals surface area contributed by atoms with Crippen LogP contribution in [0.2, 0.25) is 5.02 Å². The molecule has 5 rings (SSSR count). The van der Waals surface area contributed by atoms with Gasteiger partial charge in [0.15, 0.2) is 5.65 Å². The van der Waals surface area contributed by atoms with Crippen molar-refractivity contribution in [2.75, 3.05) is 74.6 Å². The van der Waals surface area contributed by atoms with Crippen LogP contribution in [0.15, 0.2) is 24.4 Å². The second-order valence-corrected chi connectivity index (χ2v) is 10.1. The number of imide groups is 1. The quantitative estimate of drug-likeness (QED) is 0.478. The summed E-state index contributed by atoms with van der Waals surface area (Å²) in [6.07, 6.45) is 2.01. The first kappa shape index (κ1) is 26.9. The minimum absolute atomic E-state index is 0.211. The van der Waals surface area contributed by atoms with Crippen molar-refractivity contribution in [2.24, 2.45) is 7.05 Å². The molecule has 13 heteroatoms. The molecule has 0 saturated carbocycles. The maximum Gasteiger partial charge on any atom is 0.333 e. The lowest BCUT2D eigenvalue weighted by molar-refractivity contribution is -0.106. The maximum atomic E-state index is 13.5. The number of urea groups is 1. The SMILES string of the molecule is Cc1nn(C)c2ncc(NC(=O)N(C=O)c3ccc(Cl)c(C(=O)N4CCOCC4)c3)c(N3CCN(C)CC3)c12. The molecular weight excluding hydrogens is 524 g/mol. The Kier molecular flexibility index (Phi) is 7.69. The van der Waals surface area contributed by atoms with Crippen LogP contribution >= 0.6 is 11.6 Å². The van der Waals surface area contributed by atoms with E-state index in [0.29, 0.717) is 44.0 Å². The van der Waals surface area contributed by atoms with Gasteiger partial charge in [0.05, 0.1) is 58.1 Å². The van der Waals surface area contributed by atoms with Crippen molar-refractivity contribution in [2.45, 2.75) is 6.92 Å². The number of carbonyl (C=O) groups excluding carboxylic acids is 3. The van der Waals surface area contributed by atoms with Crippen LogP contribution in [0, 0.1) is 6.92 Å². The van der Waals surface area contributed by atoms with E-state index in [-0.39, 0.29) is 22.2 Å². The molecule has 0 aliphatic carbocycles. The number of hydrogen-bond donors (Lipinski definition) is 1. The number of amides is 4. The Morgan fingerprint density at radius 1 is 1.10 bits per heavy atom. The number of pyridine rings is 1. The van der Waals surface area contributed by atoms with Gasteiger partial charge in [0.2, 0.25) is 6.41 Å². The lowest BCUT2D eigenvalue weighted by atomic mass is 10.1. The van der Waals surface area contributed by atoms with Crippen LogP contribution in [-0.4, -0.2) is 102 Å². The molecule has 4 heterocycles. The highest BCUT2D eigenvalue weighted by Crippen LogP contribution is 2.36. The molecule has 0 unspecified atom stereocenters. The van der Waals surface area contributed by atoms with Gasteiger partial charge in [-0.2, -0.15) is 5.10 Å². The monoisotopic (exact) mass is 554 g/mol. The van der Waals surface area contributed by atoms with Gasteiger partial charge in [-0.25, -0.2) is 14.7 Å². The number of morpholine rings is 1. The molecule has 2 aliphatic rings. The second kappa shape index (κ2) is 11.2. The first-order valence-electron chi connectivity index (χ1n) is 12.8. The summed E-state index contributed by atoms with van der Waals surface area (Å²) in [6, 6.07) is 3.81. The van der Waals surface area contributed by atoms with Crippen LogP contribution in [0.4, 0.5) is 21.9 Å². The molecule has 1 N–H and O–H groups in total. The molecule has 0 atom stereocenters. The summed E-state index contributed by atoms with van der Waals surface area (Å²) in [6.45, 7) is 6.91. The average Bonchev–Trinajstić information content (AvgIpc) is 3.23. The first-order chi connectivity index (χ1) is 18.8. The Morgan fingerprint density at radius 3 is 2.51 bits per heavy atom. The standard InChI is InChI=1S/C26H31ClN8O4/c1-17-22-23(33-8-6-31(2)7-9-33)21(15-28-24(22)32(3)30-17)29-26(38)35(16-36)18-4-5-20(27)19(14-18)25(37)34-10-12-39-13-11-34/h4-5,14-16H,6-13H2,1-3H3,(H,29,38). The second-order valence-electron chi connectivity index (χ2n) is 9.69. The van der Waals surface area contributed by atoms with Crippen molar-refractivity contribution in [3.8, 4) is 0 Å². The van der Waals surface area contributed by atoms with Crippen LogP contribution in [0.3, 0.4) is 0 Å². The van der Waals surface area contributed by atoms with Crippen molar-refractivity contribution in [3.05, 3.63) is 40.7 Å². The fourth-order valence-electron chi connectivity index (χ4n) is 5.01. The number of hydrogen-bond acceptors (Lipinski definition) is 8. The third-order valence-corrected chi connectivity index (χ3v) is 7.47. The molecule has 0 radical (unpaired) electrons. The maximum absolute atomic E-state index is 13.5. The molecule has 0 bridgehead atoms. The zero-order chi connectivity index (χ0) is 27.7. The Balaban J connectivity index is 1.46. The predicted octanol–water partition coefficient (Wildman–Crippen LogP) is 2.35. The van der Waals surface area contributed by atoms with Crippen LogP contribution in [-0.2, 0) is 16.6 Å². The Morgan fingerprint density at radius 2 is 1.82 bits per heavy atom. The Hall–Kier alpha value is -3.74. The number of ether oxygens (including phenoxy) is 1. The topological polar surface area (TPSA) is 116 Å². The van der Waals surface area contributed by atoms with E-state index in [4.69, 9.17) is 16.3 Å². The number of fused-ring (bicyclic) bond motifs is 1. The summed E-state index contributed by atoms with van der Waals surface area (Å²) in [5, 5.41) is 8.50. The smallest absolute Gasteiger partial charge is 0.333 e. The van der Waals surface area contributed by atoms with Gasteiger partial charge in [0.25, 0.3) is 5.91 Å². The summed E-state index contributed by atoms with van der Waals surface area (Å²) in [5.74, 6) is -0.282. The van der Waals surface area contributed by atoms with Gasteiger partial charge < -0.3 is 24.8 Å². The number of likely N-dealkylation sites (N-methyl/N-ethyl adjacent to an activating group) is 1. The number of anilines is 3. The van der Waals surface area contributed by atoms with E-state index in [2.05, 4.69) is 32.2 Å². The number of piperazine rings is 1. The van der Waals surface area contributed by atoms with E-state index in [1.54, 1.807) is 15.8 Å². The van der Waals surface area contributed by atoms with Crippen molar-refractivity contribution in [1.29, 1.82) is 0 Å². The lowest BCUT2D eigenvalue weighted by Gasteiger charge is -2.35. The van der Waals surface area contributed by atoms with Gasteiger partial charge in [-0.05, 0) is 32.2 Å². The highest BCUT2D eigenvalue weighted by molar-refractivity contribution is 6.34. The molecule has 2 aliphatic heterocycles. The van der Waals surface area contributed by atoms with Crippen molar-refractivity contribution >= 4 is 58.0 Å². The van der Waals surface area contributed by atoms with Gasteiger partial charge >= 0.3 is 6.03 Å². The summed E-state index contributed by atoms with van der Waals surface area (Å²) in [5.41, 5.74) is 3.21. The molecule has 2 aromatic heterocycles. The molecule has 0 spiro atoms. The number of aryl methyl sites for hydroxylation is 2. The predicted molar refractivity (Wildman–Crippen MR) is 149 cm³/mol. The van der Waals surface area contributed by atoms with E-state index < -0.39 is 6.03 Å². The normalized spacial score (nSPS) is 16.4. The van der Waals surface area contributed by atoms with E-state index in [9.17, 15) is 14.4 Å². The van der Waals surface area contributed by atoms with Gasteiger partial charge in [-0.1, -0.05) is 11.6 Å². The van der Waals surface area contributed by atoms with Gasteiger partial charge in [-0.15, -0.1) is 0 Å². The van der Waals surface area contributed by atoms with E-state index in [1.807, 2.05) is 14.0 Å². The van der Waals surface area contributed by atoms with E-state index in [1.165, 1.54) is 18.2 Å². The summed E-state index contributed by atoms with van der Waals surface area (Å²) >= 11 is 6.35. The number of benzene rings is 1. The molecule has 39 heavy (non-hydrogen) atoms. The Bertz CT molecular complexity index is 1410. The van der Waals surface area contributed by atoms with E-state index >= 15 is 0 Å². The highest BCUT2D eigenvalue weighted by atomic mass is 35.5. The number of carbonyl (C=O) groups is 3. The molecule has 2 fully saturated rings. The van der Waals surface area contributed by atoms with Crippen molar-refractivity contribution in [3.63, 3.8) is 0 Å². The fourth-order valence-corrected chi connectivity index (χ4v) is 5.21. The zero-order valence-corrected chi connectivity index (χ0v) is 22.9. The van der Waals surface area contributed by atoms with E-state index in [0.717, 1.165) is 47.8 Å². The van der Waals surface area contributed by atoms with Gasteiger partial charge in [-0.3, -0.25) is 14.3 Å². The molecule has 3 aromatic rings. The largest absolute Gasteiger partial charge is 0.378 e. The van der Waals surface area contributed by atoms with Crippen molar-refractivity contribution < 1.29 is 19.1 Å². The van der Waals surface area contributed by atoms with Crippen LogP contribution < -0.4 is 15.1 Å². The number of rotatable bonds is 5. The fraction of sp³-hybridized carbons (Fsp3) is 0.423. The summed E-state index contributed by atoms with van der Waals surface area (Å²) < 4.78 is 7.04. The number of nitrogens with zero attached hydrogens (tertiary/aromatic N) is 7. The molecular formula is C26H31ClN8O4. The zero-order valence-electron chi connectivity index (χ0n) is 22.2. The third-order valence-electron chi connectivity index (χ3n) is 7.14. The van der Waals surface area contributed by atoms with Gasteiger partial charge in [0, 0.05) is 46.3 Å². The third kappa shape index (κ3) is 5.27. The molecule has 2 saturated heterocycles. The molecule has 12 nitrogen and oxygen atoms in total. The summed E-state index contributed by atoms with van der Waals surface area (Å²) in [7, 11) is 3.91. The summed E-state index contributed by atoms with van der Waals surface area (Å²) in [4.78, 5) is 50.3. The minimum atomic E-state index is -0.685. The molecule has 1 aromatic carbocycles. The van der Waals surface area contributed by atoms with Crippen LogP contribution in [0.25, 0.3) is 11.0 Å². The average molecular weight is 555 g/mol.